The van der Waals surface area contributed by atoms with Gasteiger partial charge in [-0.1, -0.05) is 30.3 Å². The molecule has 2 N–H and O–H groups in total. The lowest BCUT2D eigenvalue weighted by Crippen LogP contribution is -2.24. The zero-order valence-electron chi connectivity index (χ0n) is 16.3. The zero-order valence-corrected chi connectivity index (χ0v) is 16.3. The molecule has 8 heteroatoms. The van der Waals surface area contributed by atoms with Gasteiger partial charge in [0.1, 0.15) is 23.4 Å². The van der Waals surface area contributed by atoms with E-state index in [1.807, 2.05) is 0 Å². The monoisotopic (exact) mass is 429 g/mol. The van der Waals surface area contributed by atoms with Gasteiger partial charge in [-0.2, -0.15) is 8.78 Å². The summed E-state index contributed by atoms with van der Waals surface area (Å²) in [5.74, 6) is -0.891. The SMILES string of the molecule is COC(C(N)=O)c1ccc2c(c1)C(c1cccc(F)c1)Oc1cccc(OC(F)F)c1-2. The Morgan fingerprint density at radius 1 is 1.10 bits per heavy atom. The lowest BCUT2D eigenvalue weighted by atomic mass is 9.87. The van der Waals surface area contributed by atoms with E-state index < -0.39 is 30.5 Å². The number of ether oxygens (including phenoxy) is 3. The molecule has 160 valence electrons. The molecule has 1 amide bonds. The van der Waals surface area contributed by atoms with Gasteiger partial charge < -0.3 is 19.9 Å². The highest BCUT2D eigenvalue weighted by Gasteiger charge is 2.32. The molecular formula is C23H18F3NO4. The third-order valence-electron chi connectivity index (χ3n) is 5.02. The highest BCUT2D eigenvalue weighted by Crippen LogP contribution is 2.49. The molecule has 0 saturated heterocycles. The topological polar surface area (TPSA) is 70.8 Å². The number of hydrogen-bond donors (Lipinski definition) is 1. The molecule has 1 aliphatic rings. The lowest BCUT2D eigenvalue weighted by Gasteiger charge is -2.31. The minimum absolute atomic E-state index is 0.0580. The Balaban J connectivity index is 1.93. The second kappa shape index (κ2) is 8.31. The Morgan fingerprint density at radius 2 is 1.87 bits per heavy atom. The Bertz CT molecular complexity index is 1140. The van der Waals surface area contributed by atoms with Crippen LogP contribution in [0.25, 0.3) is 11.1 Å². The molecule has 0 saturated carbocycles. The molecule has 0 aliphatic carbocycles. The van der Waals surface area contributed by atoms with Gasteiger partial charge in [0, 0.05) is 12.7 Å². The lowest BCUT2D eigenvalue weighted by molar-refractivity contribution is -0.128. The van der Waals surface area contributed by atoms with Gasteiger partial charge in [0.2, 0.25) is 0 Å². The molecule has 3 aromatic carbocycles. The number of amides is 1. The summed E-state index contributed by atoms with van der Waals surface area (Å²) >= 11 is 0. The first-order valence-electron chi connectivity index (χ1n) is 9.35. The summed E-state index contributed by atoms with van der Waals surface area (Å²) in [6.07, 6.45) is -1.78. The standard InChI is InChI=1S/C23H18F3NO4/c1-29-21(22(27)28)13-8-9-15-16(11-13)20(12-4-2-5-14(24)10-12)30-17-6-3-7-18(19(15)17)31-23(25)26/h2-11,20-21,23H,1H3,(H2,27,28). The molecule has 0 aromatic heterocycles. The number of carbonyl (C=O) groups is 1. The zero-order chi connectivity index (χ0) is 22.1. The quantitative estimate of drug-likeness (QED) is 0.614. The van der Waals surface area contributed by atoms with Crippen molar-refractivity contribution in [3.63, 3.8) is 0 Å². The second-order valence-corrected chi connectivity index (χ2v) is 6.93. The molecule has 0 bridgehead atoms. The van der Waals surface area contributed by atoms with Gasteiger partial charge in [0.05, 0.1) is 5.56 Å². The number of hydrogen-bond acceptors (Lipinski definition) is 4. The van der Waals surface area contributed by atoms with Crippen molar-refractivity contribution >= 4 is 5.91 Å². The predicted octanol–water partition coefficient (Wildman–Crippen LogP) is 4.75. The number of rotatable bonds is 6. The van der Waals surface area contributed by atoms with Crippen LogP contribution in [0.3, 0.4) is 0 Å². The number of primary amides is 1. The number of fused-ring (bicyclic) bond motifs is 3. The average molecular weight is 429 g/mol. The van der Waals surface area contributed by atoms with E-state index in [0.717, 1.165) is 0 Å². The Labute approximate surface area is 176 Å². The highest BCUT2D eigenvalue weighted by molar-refractivity contribution is 5.84. The normalized spacial score (nSPS) is 15.6. The summed E-state index contributed by atoms with van der Waals surface area (Å²) in [6.45, 7) is -3.03. The van der Waals surface area contributed by atoms with Crippen LogP contribution in [0.2, 0.25) is 0 Å². The van der Waals surface area contributed by atoms with E-state index in [0.29, 0.717) is 33.6 Å². The van der Waals surface area contributed by atoms with E-state index in [4.69, 9.17) is 19.9 Å². The van der Waals surface area contributed by atoms with Crippen molar-refractivity contribution in [2.75, 3.05) is 7.11 Å². The fourth-order valence-corrected chi connectivity index (χ4v) is 3.78. The first kappa shape index (κ1) is 20.7. The van der Waals surface area contributed by atoms with E-state index in [-0.39, 0.29) is 5.75 Å². The summed E-state index contributed by atoms with van der Waals surface area (Å²) in [6, 6.07) is 15.4. The van der Waals surface area contributed by atoms with Gasteiger partial charge in [-0.25, -0.2) is 4.39 Å². The predicted molar refractivity (Wildman–Crippen MR) is 106 cm³/mol. The fourth-order valence-electron chi connectivity index (χ4n) is 3.78. The molecule has 0 fully saturated rings. The number of carbonyl (C=O) groups excluding carboxylic acids is 1. The molecule has 31 heavy (non-hydrogen) atoms. The van der Waals surface area contributed by atoms with Crippen LogP contribution in [0, 0.1) is 5.82 Å². The van der Waals surface area contributed by atoms with E-state index in [1.165, 1.54) is 31.4 Å². The van der Waals surface area contributed by atoms with Crippen LogP contribution in [0.15, 0.2) is 60.7 Å². The van der Waals surface area contributed by atoms with Crippen LogP contribution >= 0.6 is 0 Å². The third-order valence-corrected chi connectivity index (χ3v) is 5.02. The molecule has 5 nitrogen and oxygen atoms in total. The van der Waals surface area contributed by atoms with Gasteiger partial charge in [-0.3, -0.25) is 4.79 Å². The van der Waals surface area contributed by atoms with Crippen molar-refractivity contribution in [3.8, 4) is 22.6 Å². The molecular weight excluding hydrogens is 411 g/mol. The van der Waals surface area contributed by atoms with Crippen LogP contribution < -0.4 is 15.2 Å². The van der Waals surface area contributed by atoms with Gasteiger partial charge in [-0.05, 0) is 47.0 Å². The van der Waals surface area contributed by atoms with Crippen LogP contribution in [-0.2, 0) is 9.53 Å². The third kappa shape index (κ3) is 3.94. The van der Waals surface area contributed by atoms with Crippen LogP contribution in [-0.4, -0.2) is 19.6 Å². The van der Waals surface area contributed by atoms with E-state index in [1.54, 1.807) is 36.4 Å². The fraction of sp³-hybridized carbons (Fsp3) is 0.174. The van der Waals surface area contributed by atoms with Crippen molar-refractivity contribution in [1.29, 1.82) is 0 Å². The van der Waals surface area contributed by atoms with E-state index >= 15 is 0 Å². The average Bonchev–Trinajstić information content (AvgIpc) is 2.73. The second-order valence-electron chi connectivity index (χ2n) is 6.93. The molecule has 1 aliphatic heterocycles. The Hall–Kier alpha value is -3.52. The summed E-state index contributed by atoms with van der Waals surface area (Å²) < 4.78 is 55.9. The van der Waals surface area contributed by atoms with Crippen molar-refractivity contribution in [1.82, 2.24) is 0 Å². The van der Waals surface area contributed by atoms with Crippen molar-refractivity contribution < 1.29 is 32.2 Å². The molecule has 4 rings (SSSR count). The minimum Gasteiger partial charge on any atom is -0.480 e. The molecule has 2 unspecified atom stereocenters. The maximum atomic E-state index is 13.9. The molecule has 2 atom stereocenters. The van der Waals surface area contributed by atoms with E-state index in [9.17, 15) is 18.0 Å². The van der Waals surface area contributed by atoms with Crippen LogP contribution in [0.5, 0.6) is 11.5 Å². The number of benzene rings is 3. The summed E-state index contributed by atoms with van der Waals surface area (Å²) in [5.41, 5.74) is 7.81. The molecule has 1 heterocycles. The maximum absolute atomic E-state index is 13.9. The first-order valence-corrected chi connectivity index (χ1v) is 9.35. The number of methoxy groups -OCH3 is 1. The summed E-state index contributed by atoms with van der Waals surface area (Å²) in [5, 5.41) is 0. The molecule has 3 aromatic rings. The van der Waals surface area contributed by atoms with Crippen molar-refractivity contribution in [3.05, 3.63) is 83.2 Å². The van der Waals surface area contributed by atoms with Gasteiger partial charge in [0.25, 0.3) is 5.91 Å². The number of halogens is 3. The Morgan fingerprint density at radius 3 is 2.55 bits per heavy atom. The number of nitrogens with two attached hydrogens (primary N) is 1. The summed E-state index contributed by atoms with van der Waals surface area (Å²) in [7, 11) is 1.35. The Kier molecular flexibility index (Phi) is 5.56. The maximum Gasteiger partial charge on any atom is 0.387 e. The van der Waals surface area contributed by atoms with Crippen molar-refractivity contribution in [2.24, 2.45) is 5.73 Å². The minimum atomic E-state index is -3.03. The van der Waals surface area contributed by atoms with Gasteiger partial charge in [0.15, 0.2) is 6.10 Å². The molecule has 0 spiro atoms. The van der Waals surface area contributed by atoms with Crippen molar-refractivity contribution in [2.45, 2.75) is 18.8 Å². The summed E-state index contributed by atoms with van der Waals surface area (Å²) in [4.78, 5) is 11.8. The largest absolute Gasteiger partial charge is 0.480 e. The van der Waals surface area contributed by atoms with Gasteiger partial charge in [-0.15, -0.1) is 0 Å². The number of alkyl halides is 2. The van der Waals surface area contributed by atoms with Crippen LogP contribution in [0.1, 0.15) is 28.9 Å². The van der Waals surface area contributed by atoms with Crippen LogP contribution in [0.4, 0.5) is 13.2 Å². The highest BCUT2D eigenvalue weighted by atomic mass is 19.3. The molecule has 0 radical (unpaired) electrons. The smallest absolute Gasteiger partial charge is 0.387 e. The van der Waals surface area contributed by atoms with Gasteiger partial charge >= 0.3 is 6.61 Å². The van der Waals surface area contributed by atoms with E-state index in [2.05, 4.69) is 0 Å². The first-order chi connectivity index (χ1) is 14.9.